The number of hydrogen-bond acceptors (Lipinski definition) is 3. The van der Waals surface area contributed by atoms with Crippen LogP contribution in [0.15, 0.2) is 24.3 Å². The highest BCUT2D eigenvalue weighted by molar-refractivity contribution is 5.26. The van der Waals surface area contributed by atoms with Crippen LogP contribution < -0.4 is 0 Å². The van der Waals surface area contributed by atoms with Gasteiger partial charge in [-0.2, -0.15) is 0 Å². The second-order valence-electron chi connectivity index (χ2n) is 3.29. The highest BCUT2D eigenvalue weighted by Gasteiger charge is 2.09. The molecule has 1 rings (SSSR count). The number of benzene rings is 1. The Labute approximate surface area is 83.6 Å². The van der Waals surface area contributed by atoms with Crippen molar-refractivity contribution in [1.29, 1.82) is 0 Å². The van der Waals surface area contributed by atoms with Crippen molar-refractivity contribution in [2.24, 2.45) is 0 Å². The van der Waals surface area contributed by atoms with E-state index in [9.17, 15) is 10.2 Å². The van der Waals surface area contributed by atoms with Gasteiger partial charge in [-0.1, -0.05) is 31.2 Å². The predicted molar refractivity (Wildman–Crippen MR) is 53.7 cm³/mol. The minimum absolute atomic E-state index is 0.300. The van der Waals surface area contributed by atoms with Crippen LogP contribution in [-0.2, 0) is 0 Å². The third-order valence-corrected chi connectivity index (χ3v) is 2.24. The molecule has 78 valence electrons. The van der Waals surface area contributed by atoms with Crippen LogP contribution in [0.1, 0.15) is 36.7 Å². The highest BCUT2D eigenvalue weighted by atomic mass is 16.3. The molecule has 3 heteroatoms. The maximum absolute atomic E-state index is 9.56. The summed E-state index contributed by atoms with van der Waals surface area (Å²) in [5.41, 5.74) is 1.41. The summed E-state index contributed by atoms with van der Waals surface area (Å²) in [4.78, 5) is 0. The Kier molecular flexibility index (Phi) is 4.07. The fourth-order valence-electron chi connectivity index (χ4n) is 1.31. The normalized spacial score (nSPS) is 15.1. The van der Waals surface area contributed by atoms with E-state index in [1.165, 1.54) is 0 Å². The zero-order valence-corrected chi connectivity index (χ0v) is 8.22. The van der Waals surface area contributed by atoms with Gasteiger partial charge in [-0.05, 0) is 17.5 Å². The molecule has 0 fully saturated rings. The molecule has 0 saturated carbocycles. The van der Waals surface area contributed by atoms with Gasteiger partial charge in [0.15, 0.2) is 0 Å². The van der Waals surface area contributed by atoms with Crippen molar-refractivity contribution < 1.29 is 15.3 Å². The molecule has 0 aliphatic carbocycles. The number of hydrogen-bond donors (Lipinski definition) is 3. The van der Waals surface area contributed by atoms with Crippen LogP contribution >= 0.6 is 0 Å². The quantitative estimate of drug-likeness (QED) is 0.677. The topological polar surface area (TPSA) is 60.7 Å². The van der Waals surface area contributed by atoms with Crippen LogP contribution in [0.25, 0.3) is 0 Å². The lowest BCUT2D eigenvalue weighted by Gasteiger charge is -2.12. The van der Waals surface area contributed by atoms with Gasteiger partial charge < -0.3 is 15.3 Å². The maximum atomic E-state index is 9.56. The minimum atomic E-state index is -0.862. The lowest BCUT2D eigenvalue weighted by atomic mass is 10.0. The van der Waals surface area contributed by atoms with Crippen LogP contribution in [0, 0.1) is 0 Å². The summed E-state index contributed by atoms with van der Waals surface area (Å²) in [6.45, 7) is 1.59. The van der Waals surface area contributed by atoms with Crippen LogP contribution in [0.2, 0.25) is 0 Å². The van der Waals surface area contributed by atoms with Crippen LogP contribution in [0.5, 0.6) is 0 Å². The Hall–Kier alpha value is -0.900. The second-order valence-corrected chi connectivity index (χ2v) is 3.29. The van der Waals surface area contributed by atoms with Crippen LogP contribution in [-0.4, -0.2) is 21.9 Å². The van der Waals surface area contributed by atoms with E-state index in [-0.39, 0.29) is 6.61 Å². The zero-order chi connectivity index (χ0) is 10.6. The van der Waals surface area contributed by atoms with Crippen LogP contribution in [0.4, 0.5) is 0 Å². The molecule has 0 heterocycles. The zero-order valence-electron chi connectivity index (χ0n) is 8.22. The molecule has 3 N–H and O–H groups in total. The average Bonchev–Trinajstić information content (AvgIpc) is 2.27. The van der Waals surface area contributed by atoms with Crippen molar-refractivity contribution in [2.45, 2.75) is 25.6 Å². The van der Waals surface area contributed by atoms with Gasteiger partial charge in [0.2, 0.25) is 0 Å². The first-order valence-electron chi connectivity index (χ1n) is 4.75. The van der Waals surface area contributed by atoms with E-state index in [0.717, 1.165) is 5.56 Å². The van der Waals surface area contributed by atoms with Crippen molar-refractivity contribution in [1.82, 2.24) is 0 Å². The minimum Gasteiger partial charge on any atom is -0.393 e. The van der Waals surface area contributed by atoms with Gasteiger partial charge in [0.1, 0.15) is 6.10 Å². The number of aliphatic hydroxyl groups is 3. The van der Waals surface area contributed by atoms with Gasteiger partial charge in [-0.25, -0.2) is 0 Å². The smallest absolute Gasteiger partial charge is 0.102 e. The molecular formula is C11H16O3. The molecule has 0 amide bonds. The Bertz CT molecular complexity index is 260. The summed E-state index contributed by atoms with van der Waals surface area (Å²) in [5, 5.41) is 27.7. The lowest BCUT2D eigenvalue weighted by molar-refractivity contribution is 0.0952. The number of rotatable bonds is 4. The molecule has 0 radical (unpaired) electrons. The Morgan fingerprint density at radius 1 is 1.14 bits per heavy atom. The van der Waals surface area contributed by atoms with Gasteiger partial charge in [-0.15, -0.1) is 0 Å². The largest absolute Gasteiger partial charge is 0.393 e. The molecule has 0 aromatic heterocycles. The molecule has 1 aromatic rings. The fourth-order valence-corrected chi connectivity index (χ4v) is 1.31. The summed E-state index contributed by atoms with van der Waals surface area (Å²) < 4.78 is 0. The Balaban J connectivity index is 2.89. The van der Waals surface area contributed by atoms with E-state index >= 15 is 0 Å². The van der Waals surface area contributed by atoms with E-state index in [0.29, 0.717) is 12.0 Å². The Morgan fingerprint density at radius 2 is 1.71 bits per heavy atom. The first-order valence-corrected chi connectivity index (χ1v) is 4.75. The molecule has 0 spiro atoms. The fraction of sp³-hybridized carbons (Fsp3) is 0.455. The van der Waals surface area contributed by atoms with Crippen LogP contribution in [0.3, 0.4) is 0 Å². The maximum Gasteiger partial charge on any atom is 0.102 e. The van der Waals surface area contributed by atoms with E-state index in [4.69, 9.17) is 5.11 Å². The molecule has 0 aliphatic heterocycles. The molecular weight excluding hydrogens is 180 g/mol. The van der Waals surface area contributed by atoms with E-state index in [1.807, 2.05) is 13.0 Å². The van der Waals surface area contributed by atoms with Crippen molar-refractivity contribution in [2.75, 3.05) is 6.61 Å². The van der Waals surface area contributed by atoms with Gasteiger partial charge in [0, 0.05) is 0 Å². The molecule has 14 heavy (non-hydrogen) atoms. The predicted octanol–water partition coefficient (Wildman–Crippen LogP) is 1.16. The van der Waals surface area contributed by atoms with Crippen molar-refractivity contribution >= 4 is 0 Å². The molecule has 0 aliphatic rings. The molecule has 0 bridgehead atoms. The van der Waals surface area contributed by atoms with Crippen molar-refractivity contribution in [3.05, 3.63) is 35.4 Å². The standard InChI is InChI=1S/C11H16O3/c1-2-10(13)8-4-3-5-9(6-8)11(14)7-12/h3-6,10-14H,2,7H2,1H3. The summed E-state index contributed by atoms with van der Waals surface area (Å²) >= 11 is 0. The molecule has 0 saturated heterocycles. The first-order chi connectivity index (χ1) is 6.69. The number of aliphatic hydroxyl groups excluding tert-OH is 3. The summed E-state index contributed by atoms with van der Waals surface area (Å²) in [7, 11) is 0. The van der Waals surface area contributed by atoms with Crippen molar-refractivity contribution in [3.63, 3.8) is 0 Å². The SMILES string of the molecule is CCC(O)c1cccc(C(O)CO)c1. The van der Waals surface area contributed by atoms with Gasteiger partial charge in [0.25, 0.3) is 0 Å². The average molecular weight is 196 g/mol. The van der Waals surface area contributed by atoms with E-state index < -0.39 is 12.2 Å². The van der Waals surface area contributed by atoms with Gasteiger partial charge >= 0.3 is 0 Å². The third-order valence-electron chi connectivity index (χ3n) is 2.24. The Morgan fingerprint density at radius 3 is 2.21 bits per heavy atom. The molecule has 1 aromatic carbocycles. The molecule has 2 unspecified atom stereocenters. The molecule has 3 nitrogen and oxygen atoms in total. The van der Waals surface area contributed by atoms with Gasteiger partial charge in [-0.3, -0.25) is 0 Å². The summed E-state index contributed by atoms with van der Waals surface area (Å²) in [6.07, 6.45) is -0.724. The third kappa shape index (κ3) is 2.54. The van der Waals surface area contributed by atoms with Crippen molar-refractivity contribution in [3.8, 4) is 0 Å². The van der Waals surface area contributed by atoms with E-state index in [2.05, 4.69) is 0 Å². The summed E-state index contributed by atoms with van der Waals surface area (Å²) in [6, 6.07) is 7.02. The molecule has 2 atom stereocenters. The van der Waals surface area contributed by atoms with Gasteiger partial charge in [0.05, 0.1) is 12.7 Å². The second kappa shape index (κ2) is 5.10. The first kappa shape index (κ1) is 11.2. The highest BCUT2D eigenvalue weighted by Crippen LogP contribution is 2.20. The summed E-state index contributed by atoms with van der Waals surface area (Å²) in [5.74, 6) is 0. The van der Waals surface area contributed by atoms with E-state index in [1.54, 1.807) is 18.2 Å². The monoisotopic (exact) mass is 196 g/mol. The lowest BCUT2D eigenvalue weighted by Crippen LogP contribution is -2.04.